The van der Waals surface area contributed by atoms with Crippen molar-refractivity contribution in [2.75, 3.05) is 20.2 Å². The van der Waals surface area contributed by atoms with Gasteiger partial charge in [0.1, 0.15) is 0 Å². The van der Waals surface area contributed by atoms with Gasteiger partial charge in [-0.25, -0.2) is 4.79 Å². The molecule has 0 aromatic rings. The third kappa shape index (κ3) is 2.73. The number of rotatable bonds is 3. The fourth-order valence-corrected chi connectivity index (χ4v) is 3.33. The number of carboxylic acid groups (broad SMARTS) is 1. The van der Waals surface area contributed by atoms with Gasteiger partial charge in [0, 0.05) is 31.7 Å². The molecular formula is C15H26N2O4. The molecule has 2 fully saturated rings. The molecule has 6 heteroatoms. The Balaban J connectivity index is 1.92. The Bertz CT molecular complexity index is 437. The van der Waals surface area contributed by atoms with Crippen LogP contribution >= 0.6 is 0 Å². The van der Waals surface area contributed by atoms with Crippen molar-refractivity contribution in [1.82, 2.24) is 10.2 Å². The Morgan fingerprint density at radius 3 is 2.52 bits per heavy atom. The SMILES string of the molecule is COC1(C)CC(NC(=O)N2CCCC(C(=O)O)C2)C1(C)C. The van der Waals surface area contributed by atoms with Crippen LogP contribution in [0.15, 0.2) is 0 Å². The van der Waals surface area contributed by atoms with Gasteiger partial charge < -0.3 is 20.1 Å². The Kier molecular flexibility index (Phi) is 4.19. The van der Waals surface area contributed by atoms with E-state index < -0.39 is 11.9 Å². The standard InChI is InChI=1S/C15H26N2O4/c1-14(2)11(8-15(14,3)21-4)16-13(20)17-7-5-6-10(9-17)12(18)19/h10-11H,5-9H2,1-4H3,(H,16,20)(H,18,19). The van der Waals surface area contributed by atoms with E-state index in [2.05, 4.69) is 26.1 Å². The lowest BCUT2D eigenvalue weighted by molar-refractivity contribution is -0.177. The Morgan fingerprint density at radius 1 is 1.33 bits per heavy atom. The third-order valence-corrected chi connectivity index (χ3v) is 5.63. The number of hydrogen-bond acceptors (Lipinski definition) is 3. The van der Waals surface area contributed by atoms with Gasteiger partial charge in [0.15, 0.2) is 0 Å². The number of amides is 2. The number of nitrogens with one attached hydrogen (secondary N) is 1. The monoisotopic (exact) mass is 298 g/mol. The summed E-state index contributed by atoms with van der Waals surface area (Å²) in [6.45, 7) is 7.15. The summed E-state index contributed by atoms with van der Waals surface area (Å²) in [5.74, 6) is -1.26. The second kappa shape index (κ2) is 5.48. The van der Waals surface area contributed by atoms with Crippen LogP contribution in [0.1, 0.15) is 40.0 Å². The summed E-state index contributed by atoms with van der Waals surface area (Å²) >= 11 is 0. The highest BCUT2D eigenvalue weighted by Crippen LogP contribution is 2.51. The highest BCUT2D eigenvalue weighted by Gasteiger charge is 2.58. The molecule has 1 saturated heterocycles. The minimum Gasteiger partial charge on any atom is -0.481 e. The molecule has 1 aliphatic carbocycles. The summed E-state index contributed by atoms with van der Waals surface area (Å²) in [4.78, 5) is 25.0. The van der Waals surface area contributed by atoms with Crippen LogP contribution in [0.5, 0.6) is 0 Å². The van der Waals surface area contributed by atoms with E-state index in [9.17, 15) is 9.59 Å². The van der Waals surface area contributed by atoms with E-state index in [-0.39, 0.29) is 23.1 Å². The molecule has 0 spiro atoms. The number of hydrogen-bond donors (Lipinski definition) is 2. The number of ether oxygens (including phenoxy) is 1. The molecule has 21 heavy (non-hydrogen) atoms. The van der Waals surface area contributed by atoms with E-state index in [0.717, 1.165) is 12.8 Å². The predicted molar refractivity (Wildman–Crippen MR) is 78.1 cm³/mol. The molecule has 0 radical (unpaired) electrons. The number of aliphatic carboxylic acids is 1. The lowest BCUT2D eigenvalue weighted by Crippen LogP contribution is -2.69. The summed E-state index contributed by atoms with van der Waals surface area (Å²) in [6.07, 6.45) is 2.17. The molecule has 120 valence electrons. The fraction of sp³-hybridized carbons (Fsp3) is 0.867. The first kappa shape index (κ1) is 16.1. The molecule has 2 aliphatic rings. The zero-order chi connectivity index (χ0) is 15.8. The second-order valence-electron chi connectivity index (χ2n) is 6.99. The number of carbonyl (C=O) groups is 2. The van der Waals surface area contributed by atoms with Crippen molar-refractivity contribution >= 4 is 12.0 Å². The third-order valence-electron chi connectivity index (χ3n) is 5.63. The Morgan fingerprint density at radius 2 is 2.00 bits per heavy atom. The van der Waals surface area contributed by atoms with Crippen LogP contribution in [0.2, 0.25) is 0 Å². The van der Waals surface area contributed by atoms with Gasteiger partial charge in [0.2, 0.25) is 0 Å². The van der Waals surface area contributed by atoms with Crippen molar-refractivity contribution in [2.45, 2.75) is 51.7 Å². The fourth-order valence-electron chi connectivity index (χ4n) is 3.33. The average Bonchev–Trinajstić information content (AvgIpc) is 2.46. The van der Waals surface area contributed by atoms with E-state index in [1.807, 2.05) is 0 Å². The molecule has 3 atom stereocenters. The summed E-state index contributed by atoms with van der Waals surface area (Å²) in [6, 6.07) is -0.0997. The van der Waals surface area contributed by atoms with Gasteiger partial charge in [-0.05, 0) is 26.2 Å². The van der Waals surface area contributed by atoms with E-state index in [4.69, 9.17) is 9.84 Å². The first-order chi connectivity index (χ1) is 9.71. The van der Waals surface area contributed by atoms with Gasteiger partial charge in [0.05, 0.1) is 11.5 Å². The minimum absolute atomic E-state index is 0.0557. The zero-order valence-electron chi connectivity index (χ0n) is 13.3. The van der Waals surface area contributed by atoms with E-state index >= 15 is 0 Å². The van der Waals surface area contributed by atoms with Gasteiger partial charge in [-0.1, -0.05) is 13.8 Å². The molecule has 6 nitrogen and oxygen atoms in total. The maximum absolute atomic E-state index is 12.3. The van der Waals surface area contributed by atoms with Crippen molar-refractivity contribution in [3.63, 3.8) is 0 Å². The molecule has 0 bridgehead atoms. The van der Waals surface area contributed by atoms with Crippen LogP contribution < -0.4 is 5.32 Å². The predicted octanol–water partition coefficient (Wildman–Crippen LogP) is 1.70. The lowest BCUT2D eigenvalue weighted by Gasteiger charge is -2.59. The van der Waals surface area contributed by atoms with E-state index in [1.165, 1.54) is 0 Å². The van der Waals surface area contributed by atoms with Crippen molar-refractivity contribution < 1.29 is 19.4 Å². The van der Waals surface area contributed by atoms with Crippen molar-refractivity contribution in [3.8, 4) is 0 Å². The second-order valence-corrected chi connectivity index (χ2v) is 6.99. The van der Waals surface area contributed by atoms with Gasteiger partial charge >= 0.3 is 12.0 Å². The quantitative estimate of drug-likeness (QED) is 0.831. The maximum Gasteiger partial charge on any atom is 0.317 e. The summed E-state index contributed by atoms with van der Waals surface area (Å²) in [5, 5.41) is 12.1. The lowest BCUT2D eigenvalue weighted by atomic mass is 9.56. The number of nitrogens with zero attached hydrogens (tertiary/aromatic N) is 1. The first-order valence-electron chi connectivity index (χ1n) is 7.54. The number of carboxylic acids is 1. The normalized spacial score (nSPS) is 35.0. The van der Waals surface area contributed by atoms with Crippen LogP contribution in [-0.4, -0.2) is 53.8 Å². The number of likely N-dealkylation sites (tertiary alicyclic amines) is 1. The largest absolute Gasteiger partial charge is 0.481 e. The molecular weight excluding hydrogens is 272 g/mol. The first-order valence-corrected chi connectivity index (χ1v) is 7.54. The number of carbonyl (C=O) groups excluding carboxylic acids is 1. The number of methoxy groups -OCH3 is 1. The topological polar surface area (TPSA) is 78.9 Å². The summed E-state index contributed by atoms with van der Waals surface area (Å²) < 4.78 is 5.55. The molecule has 1 saturated carbocycles. The highest BCUT2D eigenvalue weighted by atomic mass is 16.5. The molecule has 1 heterocycles. The van der Waals surface area contributed by atoms with E-state index in [0.29, 0.717) is 19.5 Å². The molecule has 2 amide bonds. The maximum atomic E-state index is 12.3. The molecule has 0 aromatic heterocycles. The Hall–Kier alpha value is -1.30. The van der Waals surface area contributed by atoms with Gasteiger partial charge in [-0.2, -0.15) is 0 Å². The van der Waals surface area contributed by atoms with Crippen molar-refractivity contribution in [2.24, 2.45) is 11.3 Å². The Labute approximate surface area is 125 Å². The number of piperidine rings is 1. The van der Waals surface area contributed by atoms with Gasteiger partial charge in [-0.15, -0.1) is 0 Å². The molecule has 3 unspecified atom stereocenters. The minimum atomic E-state index is -0.816. The van der Waals surface area contributed by atoms with Crippen LogP contribution in [0.25, 0.3) is 0 Å². The molecule has 2 N–H and O–H groups in total. The van der Waals surface area contributed by atoms with Crippen molar-refractivity contribution in [1.29, 1.82) is 0 Å². The van der Waals surface area contributed by atoms with Crippen LogP contribution in [0, 0.1) is 11.3 Å². The van der Waals surface area contributed by atoms with Crippen LogP contribution in [-0.2, 0) is 9.53 Å². The van der Waals surface area contributed by atoms with Crippen LogP contribution in [0.4, 0.5) is 4.79 Å². The summed E-state index contributed by atoms with van der Waals surface area (Å²) in [5.41, 5.74) is -0.365. The molecule has 1 aliphatic heterocycles. The molecule has 0 aromatic carbocycles. The zero-order valence-corrected chi connectivity index (χ0v) is 13.3. The smallest absolute Gasteiger partial charge is 0.317 e. The van der Waals surface area contributed by atoms with E-state index in [1.54, 1.807) is 12.0 Å². The summed E-state index contributed by atoms with van der Waals surface area (Å²) in [7, 11) is 1.70. The van der Waals surface area contributed by atoms with Crippen molar-refractivity contribution in [3.05, 3.63) is 0 Å². The molecule has 2 rings (SSSR count). The van der Waals surface area contributed by atoms with Gasteiger partial charge in [-0.3, -0.25) is 4.79 Å². The van der Waals surface area contributed by atoms with Crippen LogP contribution in [0.3, 0.4) is 0 Å². The average molecular weight is 298 g/mol. The number of urea groups is 1. The van der Waals surface area contributed by atoms with Gasteiger partial charge in [0.25, 0.3) is 0 Å². The highest BCUT2D eigenvalue weighted by molar-refractivity contribution is 5.77.